The van der Waals surface area contributed by atoms with Crippen molar-refractivity contribution in [2.24, 2.45) is 0 Å². The van der Waals surface area contributed by atoms with Gasteiger partial charge in [0.2, 0.25) is 5.95 Å². The van der Waals surface area contributed by atoms with E-state index in [1.807, 2.05) is 0 Å². The molecule has 0 unspecified atom stereocenters. The minimum atomic E-state index is 0. The van der Waals surface area contributed by atoms with E-state index in [4.69, 9.17) is 5.73 Å². The van der Waals surface area contributed by atoms with E-state index < -0.39 is 0 Å². The van der Waals surface area contributed by atoms with Crippen LogP contribution in [0.25, 0.3) is 0 Å². The van der Waals surface area contributed by atoms with E-state index in [0.717, 1.165) is 0 Å². The first-order valence-corrected chi connectivity index (χ1v) is 2.51. The molecule has 0 aliphatic heterocycles. The second kappa shape index (κ2) is 4.11. The third kappa shape index (κ3) is 3.05. The molecule has 1 rings (SSSR count). The van der Waals surface area contributed by atoms with Crippen LogP contribution in [0, 0.1) is 0 Å². The van der Waals surface area contributed by atoms with Crippen LogP contribution in [-0.4, -0.2) is 39.5 Å². The predicted molar refractivity (Wildman–Crippen MR) is 40.8 cm³/mol. The molecule has 0 saturated carbocycles. The van der Waals surface area contributed by atoms with E-state index in [2.05, 4.69) is 22.6 Å². The van der Waals surface area contributed by atoms with Crippen molar-refractivity contribution in [3.05, 3.63) is 12.3 Å². The molecule has 3 nitrogen and oxygen atoms in total. The van der Waals surface area contributed by atoms with Crippen molar-refractivity contribution in [1.29, 1.82) is 0 Å². The van der Waals surface area contributed by atoms with E-state index in [9.17, 15) is 0 Å². The molecule has 1 heterocycles. The van der Waals surface area contributed by atoms with Crippen LogP contribution in [0.15, 0.2) is 17.3 Å². The summed E-state index contributed by atoms with van der Waals surface area (Å²) in [6.07, 6.45) is 1.56. The SMILES string of the molecule is Nc1nccc(S)n1.[NaH]. The van der Waals surface area contributed by atoms with Gasteiger partial charge in [-0.1, -0.05) is 0 Å². The molecule has 1 aromatic heterocycles. The molecule has 5 heteroatoms. The van der Waals surface area contributed by atoms with E-state index in [1.165, 1.54) is 0 Å². The van der Waals surface area contributed by atoms with Crippen molar-refractivity contribution < 1.29 is 0 Å². The number of hydrogen-bond donors (Lipinski definition) is 2. The maximum atomic E-state index is 5.19. The summed E-state index contributed by atoms with van der Waals surface area (Å²) in [4.78, 5) is 7.36. The molecule has 9 heavy (non-hydrogen) atoms. The average molecular weight is 151 g/mol. The van der Waals surface area contributed by atoms with Crippen molar-refractivity contribution in [2.45, 2.75) is 5.03 Å². The Balaban J connectivity index is 0.000000640. The fraction of sp³-hybridized carbons (Fsp3) is 0. The predicted octanol–water partition coefficient (Wildman–Crippen LogP) is -0.301. The first-order chi connectivity index (χ1) is 3.79. The molecule has 2 N–H and O–H groups in total. The van der Waals surface area contributed by atoms with Gasteiger partial charge in [-0.05, 0) is 6.07 Å². The zero-order valence-corrected chi connectivity index (χ0v) is 4.97. The molecule has 0 spiro atoms. The number of anilines is 1. The Kier molecular flexibility index (Phi) is 4.22. The second-order valence-corrected chi connectivity index (χ2v) is 1.73. The molecule has 0 radical (unpaired) electrons. The average Bonchev–Trinajstić information content (AvgIpc) is 1.64. The topological polar surface area (TPSA) is 51.8 Å². The number of nitrogen functional groups attached to an aromatic ring is 1. The van der Waals surface area contributed by atoms with Gasteiger partial charge in [0.25, 0.3) is 0 Å². The Labute approximate surface area is 80.8 Å². The van der Waals surface area contributed by atoms with Gasteiger partial charge in [0.15, 0.2) is 0 Å². The summed E-state index contributed by atoms with van der Waals surface area (Å²) in [5, 5.41) is 0.595. The van der Waals surface area contributed by atoms with Gasteiger partial charge < -0.3 is 5.73 Å². The van der Waals surface area contributed by atoms with Gasteiger partial charge in [-0.25, -0.2) is 9.97 Å². The van der Waals surface area contributed by atoms with Gasteiger partial charge >= 0.3 is 29.6 Å². The van der Waals surface area contributed by atoms with Crippen LogP contribution in [0.2, 0.25) is 0 Å². The minimum absolute atomic E-state index is 0. The first-order valence-electron chi connectivity index (χ1n) is 2.06. The van der Waals surface area contributed by atoms with Crippen molar-refractivity contribution >= 4 is 48.1 Å². The van der Waals surface area contributed by atoms with Gasteiger partial charge in [-0.2, -0.15) is 0 Å². The third-order valence-corrected chi connectivity index (χ3v) is 0.909. The van der Waals surface area contributed by atoms with Gasteiger partial charge in [0.05, 0.1) is 5.03 Å². The Morgan fingerprint density at radius 1 is 1.56 bits per heavy atom. The molecule has 0 fully saturated rings. The van der Waals surface area contributed by atoms with Crippen molar-refractivity contribution in [2.75, 3.05) is 5.73 Å². The van der Waals surface area contributed by atoms with Gasteiger partial charge in [0.1, 0.15) is 0 Å². The molecule has 0 amide bonds. The van der Waals surface area contributed by atoms with Crippen molar-refractivity contribution in [1.82, 2.24) is 9.97 Å². The van der Waals surface area contributed by atoms with Gasteiger partial charge in [-0.15, -0.1) is 12.6 Å². The van der Waals surface area contributed by atoms with Crippen LogP contribution < -0.4 is 5.73 Å². The Morgan fingerprint density at radius 3 is 2.56 bits per heavy atom. The summed E-state index contributed by atoms with van der Waals surface area (Å²) in [6.45, 7) is 0. The summed E-state index contributed by atoms with van der Waals surface area (Å²) in [5.74, 6) is 0.262. The summed E-state index contributed by atoms with van der Waals surface area (Å²) in [5.41, 5.74) is 5.19. The number of hydrogen-bond acceptors (Lipinski definition) is 4. The van der Waals surface area contributed by atoms with Crippen molar-refractivity contribution in [3.63, 3.8) is 0 Å². The monoisotopic (exact) mass is 151 g/mol. The van der Waals surface area contributed by atoms with Crippen LogP contribution in [0.3, 0.4) is 0 Å². The van der Waals surface area contributed by atoms with Gasteiger partial charge in [0, 0.05) is 6.20 Å². The van der Waals surface area contributed by atoms with Crippen LogP contribution >= 0.6 is 12.6 Å². The normalized spacial score (nSPS) is 8.11. The fourth-order valence-electron chi connectivity index (χ4n) is 0.364. The van der Waals surface area contributed by atoms with E-state index in [0.29, 0.717) is 5.03 Å². The van der Waals surface area contributed by atoms with Gasteiger partial charge in [-0.3, -0.25) is 0 Å². The zero-order valence-electron chi connectivity index (χ0n) is 4.07. The molecule has 0 aliphatic rings. The number of nitrogens with zero attached hydrogens (tertiary/aromatic N) is 2. The maximum absolute atomic E-state index is 5.19. The summed E-state index contributed by atoms with van der Waals surface area (Å²) in [6, 6.07) is 1.67. The third-order valence-electron chi connectivity index (χ3n) is 0.660. The number of rotatable bonds is 0. The molecule has 0 saturated heterocycles. The van der Waals surface area contributed by atoms with Crippen LogP contribution in [0.4, 0.5) is 5.95 Å². The van der Waals surface area contributed by atoms with E-state index >= 15 is 0 Å². The molecule has 1 aromatic rings. The zero-order chi connectivity index (χ0) is 5.98. The van der Waals surface area contributed by atoms with Crippen LogP contribution in [0.5, 0.6) is 0 Å². The van der Waals surface area contributed by atoms with Crippen LogP contribution in [-0.2, 0) is 0 Å². The molecular weight excluding hydrogens is 145 g/mol. The second-order valence-electron chi connectivity index (χ2n) is 1.27. The molecule has 0 aliphatic carbocycles. The summed E-state index contributed by atoms with van der Waals surface area (Å²) in [7, 11) is 0. The van der Waals surface area contributed by atoms with Crippen LogP contribution in [0.1, 0.15) is 0 Å². The standard InChI is InChI=1S/C4H5N3S.Na.H/c5-4-6-2-1-3(8)7-4;;/h1-2H,(H3,5,6,7,8);;. The molecular formula is C4H6N3NaS. The quantitative estimate of drug-likeness (QED) is 0.304. The molecule has 0 bridgehead atoms. The summed E-state index contributed by atoms with van der Waals surface area (Å²) >= 11 is 3.92. The first kappa shape index (κ1) is 9.23. The number of aromatic nitrogens is 2. The van der Waals surface area contributed by atoms with E-state index in [-0.39, 0.29) is 35.5 Å². The number of nitrogens with two attached hydrogens (primary N) is 1. The summed E-state index contributed by atoms with van der Waals surface area (Å²) < 4.78 is 0. The Hall–Kier alpha value is 0.230. The van der Waals surface area contributed by atoms with Crippen molar-refractivity contribution in [3.8, 4) is 0 Å². The molecule has 0 aromatic carbocycles. The Bertz CT molecular complexity index is 176. The van der Waals surface area contributed by atoms with E-state index in [1.54, 1.807) is 12.3 Å². The Morgan fingerprint density at radius 2 is 2.22 bits per heavy atom. The molecule has 0 atom stereocenters. The number of thiol groups is 1. The molecule has 44 valence electrons. The fourth-order valence-corrected chi connectivity index (χ4v) is 0.533.